The molecule has 3 aromatic rings. The van der Waals surface area contributed by atoms with Crippen molar-refractivity contribution >= 4 is 22.6 Å². The van der Waals surface area contributed by atoms with Gasteiger partial charge in [-0.3, -0.25) is 4.79 Å². The van der Waals surface area contributed by atoms with Gasteiger partial charge in [-0.15, -0.1) is 5.10 Å². The van der Waals surface area contributed by atoms with Gasteiger partial charge in [0.15, 0.2) is 5.82 Å². The molecule has 1 amide bonds. The van der Waals surface area contributed by atoms with Crippen LogP contribution in [0, 0.1) is 0 Å². The van der Waals surface area contributed by atoms with Gasteiger partial charge in [0.1, 0.15) is 0 Å². The van der Waals surface area contributed by atoms with Gasteiger partial charge in [0.25, 0.3) is 0 Å². The van der Waals surface area contributed by atoms with Gasteiger partial charge in [0, 0.05) is 23.0 Å². The number of hydrogen-bond donors (Lipinski definition) is 2. The Morgan fingerprint density at radius 1 is 1.08 bits per heavy atom. The molecule has 0 aliphatic heterocycles. The lowest BCUT2D eigenvalue weighted by Crippen LogP contribution is -2.16. The van der Waals surface area contributed by atoms with Crippen LogP contribution in [0.1, 0.15) is 49.3 Å². The average Bonchev–Trinajstić information content (AvgIpc) is 3.13. The maximum atomic E-state index is 12.3. The lowest BCUT2D eigenvalue weighted by atomic mass is 9.87. The standard InChI is InChI=1S/C20H22N4O/c25-20(13-15-7-4-8-18-16(15)11-12-21-18)22-19-10-9-17(23-24-19)14-5-2-1-3-6-14/h4,7-12,14,21H,1-3,5-6,13H2,(H,22,24,25). The molecule has 1 saturated carbocycles. The monoisotopic (exact) mass is 334 g/mol. The fraction of sp³-hybridized carbons (Fsp3) is 0.350. The second kappa shape index (κ2) is 7.05. The average molecular weight is 334 g/mol. The Morgan fingerprint density at radius 3 is 2.76 bits per heavy atom. The largest absolute Gasteiger partial charge is 0.361 e. The van der Waals surface area contributed by atoms with Crippen LogP contribution < -0.4 is 5.32 Å². The quantitative estimate of drug-likeness (QED) is 0.751. The molecule has 4 rings (SSSR count). The number of nitrogens with zero attached hydrogens (tertiary/aromatic N) is 2. The smallest absolute Gasteiger partial charge is 0.230 e. The normalized spacial score (nSPS) is 15.4. The lowest BCUT2D eigenvalue weighted by Gasteiger charge is -2.20. The van der Waals surface area contributed by atoms with Crippen molar-refractivity contribution in [3.63, 3.8) is 0 Å². The minimum Gasteiger partial charge on any atom is -0.361 e. The molecular weight excluding hydrogens is 312 g/mol. The summed E-state index contributed by atoms with van der Waals surface area (Å²) in [6, 6.07) is 11.8. The van der Waals surface area contributed by atoms with Crippen LogP contribution in [0.5, 0.6) is 0 Å². The van der Waals surface area contributed by atoms with Crippen LogP contribution >= 0.6 is 0 Å². The Balaban J connectivity index is 1.41. The van der Waals surface area contributed by atoms with Gasteiger partial charge in [-0.1, -0.05) is 31.4 Å². The van der Waals surface area contributed by atoms with Crippen molar-refractivity contribution in [1.29, 1.82) is 0 Å². The highest BCUT2D eigenvalue weighted by Gasteiger charge is 2.17. The highest BCUT2D eigenvalue weighted by Crippen LogP contribution is 2.31. The number of benzene rings is 1. The van der Waals surface area contributed by atoms with E-state index in [-0.39, 0.29) is 5.91 Å². The summed E-state index contributed by atoms with van der Waals surface area (Å²) in [5.74, 6) is 0.969. The van der Waals surface area contributed by atoms with E-state index in [0.29, 0.717) is 18.2 Å². The molecule has 2 aromatic heterocycles. The van der Waals surface area contributed by atoms with Crippen LogP contribution in [-0.2, 0) is 11.2 Å². The number of amides is 1. The molecule has 5 nitrogen and oxygen atoms in total. The van der Waals surface area contributed by atoms with Crippen molar-refractivity contribution in [2.24, 2.45) is 0 Å². The lowest BCUT2D eigenvalue weighted by molar-refractivity contribution is -0.115. The number of H-pyrrole nitrogens is 1. The predicted molar refractivity (Wildman–Crippen MR) is 98.5 cm³/mol. The molecule has 128 valence electrons. The molecule has 0 bridgehead atoms. The molecule has 0 unspecified atom stereocenters. The highest BCUT2D eigenvalue weighted by atomic mass is 16.1. The SMILES string of the molecule is O=C(Cc1cccc2[nH]ccc12)Nc1ccc(C2CCCCC2)nn1. The Kier molecular flexibility index (Phi) is 4.46. The Morgan fingerprint density at radius 2 is 1.96 bits per heavy atom. The predicted octanol–water partition coefficient (Wildman–Crippen LogP) is 4.19. The second-order valence-corrected chi connectivity index (χ2v) is 6.76. The van der Waals surface area contributed by atoms with Gasteiger partial charge < -0.3 is 10.3 Å². The summed E-state index contributed by atoms with van der Waals surface area (Å²) in [6.07, 6.45) is 8.47. The van der Waals surface area contributed by atoms with Crippen molar-refractivity contribution in [2.45, 2.75) is 44.4 Å². The van der Waals surface area contributed by atoms with Gasteiger partial charge in [-0.2, -0.15) is 5.10 Å². The molecular formula is C20H22N4O. The molecule has 25 heavy (non-hydrogen) atoms. The van der Waals surface area contributed by atoms with Crippen molar-refractivity contribution in [3.8, 4) is 0 Å². The maximum absolute atomic E-state index is 12.3. The van der Waals surface area contributed by atoms with Gasteiger partial charge in [0.05, 0.1) is 12.1 Å². The Hall–Kier alpha value is -2.69. The zero-order valence-electron chi connectivity index (χ0n) is 14.2. The first-order chi connectivity index (χ1) is 12.3. The van der Waals surface area contributed by atoms with Crippen LogP contribution in [0.2, 0.25) is 0 Å². The molecule has 1 aromatic carbocycles. The fourth-order valence-corrected chi connectivity index (χ4v) is 3.69. The second-order valence-electron chi connectivity index (χ2n) is 6.76. The summed E-state index contributed by atoms with van der Waals surface area (Å²) in [7, 11) is 0. The van der Waals surface area contributed by atoms with Gasteiger partial charge >= 0.3 is 0 Å². The van der Waals surface area contributed by atoms with Crippen molar-refractivity contribution in [3.05, 3.63) is 53.9 Å². The maximum Gasteiger partial charge on any atom is 0.230 e. The van der Waals surface area contributed by atoms with E-state index < -0.39 is 0 Å². The van der Waals surface area contributed by atoms with E-state index in [0.717, 1.165) is 22.2 Å². The van der Waals surface area contributed by atoms with Crippen LogP contribution in [0.4, 0.5) is 5.82 Å². The van der Waals surface area contributed by atoms with Crippen LogP contribution in [0.15, 0.2) is 42.6 Å². The molecule has 2 heterocycles. The van der Waals surface area contributed by atoms with Crippen molar-refractivity contribution < 1.29 is 4.79 Å². The van der Waals surface area contributed by atoms with E-state index in [4.69, 9.17) is 0 Å². The molecule has 5 heteroatoms. The number of carbonyl (C=O) groups excluding carboxylic acids is 1. The van der Waals surface area contributed by atoms with Crippen LogP contribution in [0.3, 0.4) is 0 Å². The minimum absolute atomic E-state index is 0.0755. The molecule has 0 atom stereocenters. The summed E-state index contributed by atoms with van der Waals surface area (Å²) in [5.41, 5.74) is 3.10. The number of aromatic amines is 1. The first-order valence-electron chi connectivity index (χ1n) is 8.98. The highest BCUT2D eigenvalue weighted by molar-refractivity contribution is 5.95. The third-order valence-corrected chi connectivity index (χ3v) is 5.01. The minimum atomic E-state index is -0.0755. The summed E-state index contributed by atoms with van der Waals surface area (Å²) >= 11 is 0. The number of anilines is 1. The number of carbonyl (C=O) groups is 1. The molecule has 1 aliphatic rings. The number of aromatic nitrogens is 3. The van der Waals surface area contributed by atoms with E-state index in [1.807, 2.05) is 42.6 Å². The first-order valence-corrected chi connectivity index (χ1v) is 8.98. The molecule has 2 N–H and O–H groups in total. The molecule has 0 radical (unpaired) electrons. The van der Waals surface area contributed by atoms with E-state index in [1.54, 1.807) is 0 Å². The fourth-order valence-electron chi connectivity index (χ4n) is 3.69. The summed E-state index contributed by atoms with van der Waals surface area (Å²) in [6.45, 7) is 0. The topological polar surface area (TPSA) is 70.7 Å². The van der Waals surface area contributed by atoms with Crippen LogP contribution in [0.25, 0.3) is 10.9 Å². The van der Waals surface area contributed by atoms with Gasteiger partial charge in [-0.25, -0.2) is 0 Å². The summed E-state index contributed by atoms with van der Waals surface area (Å²) < 4.78 is 0. The molecule has 1 fully saturated rings. The summed E-state index contributed by atoms with van der Waals surface area (Å²) in [5, 5.41) is 12.5. The molecule has 0 spiro atoms. The Bertz CT molecular complexity index is 863. The number of nitrogens with one attached hydrogen (secondary N) is 2. The number of fused-ring (bicyclic) bond motifs is 1. The first kappa shape index (κ1) is 15.8. The zero-order chi connectivity index (χ0) is 17.1. The van der Waals surface area contributed by atoms with E-state index >= 15 is 0 Å². The number of rotatable bonds is 4. The molecule has 0 saturated heterocycles. The Labute approximate surface area is 146 Å². The van der Waals surface area contributed by atoms with Gasteiger partial charge in [0.2, 0.25) is 5.91 Å². The van der Waals surface area contributed by atoms with E-state index in [1.165, 1.54) is 32.1 Å². The van der Waals surface area contributed by atoms with Gasteiger partial charge in [-0.05, 0) is 42.7 Å². The third-order valence-electron chi connectivity index (χ3n) is 5.01. The molecule has 1 aliphatic carbocycles. The van der Waals surface area contributed by atoms with Crippen LogP contribution in [-0.4, -0.2) is 21.1 Å². The summed E-state index contributed by atoms with van der Waals surface area (Å²) in [4.78, 5) is 15.5. The third kappa shape index (κ3) is 3.55. The van der Waals surface area contributed by atoms with Crippen molar-refractivity contribution in [1.82, 2.24) is 15.2 Å². The van der Waals surface area contributed by atoms with E-state index in [2.05, 4.69) is 20.5 Å². The van der Waals surface area contributed by atoms with E-state index in [9.17, 15) is 4.79 Å². The zero-order valence-corrected chi connectivity index (χ0v) is 14.2. The van der Waals surface area contributed by atoms with Crippen molar-refractivity contribution in [2.75, 3.05) is 5.32 Å². The number of hydrogen-bond acceptors (Lipinski definition) is 3.